The number of nitrogens with one attached hydrogen (secondary N) is 2. The van der Waals surface area contributed by atoms with Crippen LogP contribution in [0.15, 0.2) is 133 Å². The van der Waals surface area contributed by atoms with Crippen LogP contribution >= 0.6 is 0 Å². The first kappa shape index (κ1) is 40.7. The van der Waals surface area contributed by atoms with Crippen LogP contribution in [0.1, 0.15) is 42.5 Å². The minimum absolute atomic E-state index is 0.0949. The fraction of sp³-hybridized carbons (Fsp3) is 0.277. The van der Waals surface area contributed by atoms with Crippen molar-refractivity contribution in [2.24, 2.45) is 0 Å². The van der Waals surface area contributed by atoms with Crippen LogP contribution in [0.5, 0.6) is 0 Å². The zero-order chi connectivity index (χ0) is 41.1. The second kappa shape index (κ2) is 19.3. The fourth-order valence-corrected chi connectivity index (χ4v) is 7.31. The first-order valence-electron chi connectivity index (χ1n) is 20.2. The highest BCUT2D eigenvalue weighted by Gasteiger charge is 2.36. The molecule has 2 aliphatic rings. The van der Waals surface area contributed by atoms with Gasteiger partial charge in [-0.15, -0.1) is 0 Å². The van der Waals surface area contributed by atoms with Crippen molar-refractivity contribution in [2.45, 2.75) is 44.2 Å². The van der Waals surface area contributed by atoms with E-state index in [-0.39, 0.29) is 11.8 Å². The van der Waals surface area contributed by atoms with E-state index in [1.807, 2.05) is 84.9 Å². The molecule has 304 valence electrons. The average molecular weight is 795 g/mol. The SMILES string of the molecule is CN(CCN1CCC(OC(=O)N(c2ccccc2-c2ccccc2)N(C(=O)O)c2ccccc2-c2ccccc2)CC1)C(=O)c1cccc(NC(=O)CCNC2CC2)c1. The van der Waals surface area contributed by atoms with Gasteiger partial charge in [-0.2, -0.15) is 10.0 Å². The van der Waals surface area contributed by atoms with E-state index in [9.17, 15) is 24.3 Å². The highest BCUT2D eigenvalue weighted by atomic mass is 16.6. The number of hydrogen-bond acceptors (Lipinski definition) is 7. The van der Waals surface area contributed by atoms with Gasteiger partial charge in [0.15, 0.2) is 0 Å². The molecule has 12 heteroatoms. The molecular weight excluding hydrogens is 745 g/mol. The van der Waals surface area contributed by atoms with Crippen LogP contribution < -0.4 is 20.7 Å². The van der Waals surface area contributed by atoms with Crippen molar-refractivity contribution in [1.82, 2.24) is 15.1 Å². The number of benzene rings is 5. The summed E-state index contributed by atoms with van der Waals surface area (Å²) in [4.78, 5) is 57.6. The third-order valence-electron chi connectivity index (χ3n) is 10.6. The maximum Gasteiger partial charge on any atom is 0.434 e. The molecule has 4 amide bonds. The largest absolute Gasteiger partial charge is 0.463 e. The molecule has 1 aliphatic heterocycles. The van der Waals surface area contributed by atoms with Gasteiger partial charge < -0.3 is 30.3 Å². The Labute approximate surface area is 345 Å². The number of ether oxygens (including phenoxy) is 1. The normalized spacial score (nSPS) is 14.3. The number of likely N-dealkylation sites (tertiary alicyclic amines) is 1. The predicted octanol–water partition coefficient (Wildman–Crippen LogP) is 8.38. The van der Waals surface area contributed by atoms with Crippen LogP contribution in [0.3, 0.4) is 0 Å². The minimum Gasteiger partial charge on any atom is -0.463 e. The Kier molecular flexibility index (Phi) is 13.3. The number of anilines is 3. The van der Waals surface area contributed by atoms with Gasteiger partial charge >= 0.3 is 12.2 Å². The monoisotopic (exact) mass is 794 g/mol. The number of piperidine rings is 1. The van der Waals surface area contributed by atoms with E-state index in [4.69, 9.17) is 4.74 Å². The summed E-state index contributed by atoms with van der Waals surface area (Å²) in [7, 11) is 1.76. The maximum absolute atomic E-state index is 14.5. The molecule has 5 aromatic carbocycles. The number of hydrogen-bond donors (Lipinski definition) is 3. The Morgan fingerprint density at radius 2 is 1.29 bits per heavy atom. The molecule has 0 aromatic heterocycles. The van der Waals surface area contributed by atoms with Gasteiger partial charge in [-0.25, -0.2) is 9.59 Å². The number of carbonyl (C=O) groups is 4. The van der Waals surface area contributed by atoms with Gasteiger partial charge in [0.25, 0.3) is 5.91 Å². The van der Waals surface area contributed by atoms with Gasteiger partial charge in [0.05, 0.1) is 11.4 Å². The van der Waals surface area contributed by atoms with Crippen molar-refractivity contribution in [2.75, 3.05) is 55.1 Å². The number of carboxylic acid groups (broad SMARTS) is 1. The van der Waals surface area contributed by atoms with E-state index in [0.29, 0.717) is 91.8 Å². The number of rotatable bonds is 14. The van der Waals surface area contributed by atoms with Crippen LogP contribution in [0.25, 0.3) is 22.3 Å². The number of likely N-dealkylation sites (N-methyl/N-ethyl adjacent to an activating group) is 1. The first-order valence-corrected chi connectivity index (χ1v) is 20.2. The van der Waals surface area contributed by atoms with Gasteiger partial charge in [0, 0.05) is 74.6 Å². The van der Waals surface area contributed by atoms with Gasteiger partial charge in [-0.1, -0.05) is 103 Å². The average Bonchev–Trinajstić information content (AvgIpc) is 4.10. The molecule has 2 fully saturated rings. The van der Waals surface area contributed by atoms with Crippen LogP contribution in [0, 0.1) is 0 Å². The zero-order valence-corrected chi connectivity index (χ0v) is 33.2. The van der Waals surface area contributed by atoms with Crippen molar-refractivity contribution in [3.05, 3.63) is 139 Å². The Morgan fingerprint density at radius 3 is 1.88 bits per heavy atom. The Bertz CT molecular complexity index is 2230. The molecule has 12 nitrogen and oxygen atoms in total. The third-order valence-corrected chi connectivity index (χ3v) is 10.6. The van der Waals surface area contributed by atoms with Gasteiger partial charge in [0.2, 0.25) is 5.91 Å². The minimum atomic E-state index is -1.35. The number of hydrazine groups is 1. The quantitative estimate of drug-likeness (QED) is 0.0955. The zero-order valence-electron chi connectivity index (χ0n) is 33.2. The summed E-state index contributed by atoms with van der Waals surface area (Å²) in [6, 6.07) is 40.8. The number of para-hydroxylation sites is 2. The van der Waals surface area contributed by atoms with Crippen molar-refractivity contribution in [3.8, 4) is 22.3 Å². The van der Waals surface area contributed by atoms with Crippen LogP contribution in [0.2, 0.25) is 0 Å². The molecule has 1 saturated heterocycles. The summed E-state index contributed by atoms with van der Waals surface area (Å²) in [5, 5.41) is 19.3. The Balaban J connectivity index is 1.01. The van der Waals surface area contributed by atoms with Crippen molar-refractivity contribution < 1.29 is 29.0 Å². The summed E-state index contributed by atoms with van der Waals surface area (Å²) in [5.74, 6) is -0.240. The van der Waals surface area contributed by atoms with Crippen molar-refractivity contribution >= 4 is 41.1 Å². The summed E-state index contributed by atoms with van der Waals surface area (Å²) >= 11 is 0. The maximum atomic E-state index is 14.5. The van der Waals surface area contributed by atoms with Gasteiger partial charge in [-0.3, -0.25) is 9.59 Å². The Hall–Kier alpha value is -6.50. The third kappa shape index (κ3) is 10.5. The second-order valence-corrected chi connectivity index (χ2v) is 14.9. The number of carbonyl (C=O) groups excluding carboxylic acids is 3. The molecule has 59 heavy (non-hydrogen) atoms. The van der Waals surface area contributed by atoms with E-state index < -0.39 is 18.3 Å². The fourth-order valence-electron chi connectivity index (χ4n) is 7.31. The summed E-state index contributed by atoms with van der Waals surface area (Å²) < 4.78 is 6.20. The first-order chi connectivity index (χ1) is 28.7. The molecule has 0 radical (unpaired) electrons. The van der Waals surface area contributed by atoms with E-state index in [2.05, 4.69) is 15.5 Å². The van der Waals surface area contributed by atoms with E-state index >= 15 is 0 Å². The number of nitrogens with zero attached hydrogens (tertiary/aromatic N) is 4. The summed E-state index contributed by atoms with van der Waals surface area (Å²) in [6.07, 6.45) is 1.14. The summed E-state index contributed by atoms with van der Waals surface area (Å²) in [5.41, 5.74) is 4.64. The molecule has 0 unspecified atom stereocenters. The van der Waals surface area contributed by atoms with Crippen LogP contribution in [-0.2, 0) is 9.53 Å². The van der Waals surface area contributed by atoms with Crippen molar-refractivity contribution in [3.63, 3.8) is 0 Å². The molecule has 0 bridgehead atoms. The lowest BCUT2D eigenvalue weighted by atomic mass is 10.0. The second-order valence-electron chi connectivity index (χ2n) is 14.9. The molecule has 1 heterocycles. The van der Waals surface area contributed by atoms with Crippen molar-refractivity contribution in [1.29, 1.82) is 0 Å². The Morgan fingerprint density at radius 1 is 0.712 bits per heavy atom. The molecule has 0 atom stereocenters. The molecule has 3 N–H and O–H groups in total. The highest BCUT2D eigenvalue weighted by Crippen LogP contribution is 2.38. The lowest BCUT2D eigenvalue weighted by Crippen LogP contribution is -2.52. The van der Waals surface area contributed by atoms with E-state index in [0.717, 1.165) is 21.1 Å². The predicted molar refractivity (Wildman–Crippen MR) is 230 cm³/mol. The molecule has 1 aliphatic carbocycles. The van der Waals surface area contributed by atoms with Crippen LogP contribution in [-0.4, -0.2) is 90.8 Å². The summed E-state index contributed by atoms with van der Waals surface area (Å²) in [6.45, 7) is 2.97. The van der Waals surface area contributed by atoms with E-state index in [1.165, 1.54) is 12.8 Å². The number of amides is 4. The molecule has 7 rings (SSSR count). The molecule has 5 aromatic rings. The smallest absolute Gasteiger partial charge is 0.434 e. The van der Waals surface area contributed by atoms with Crippen LogP contribution in [0.4, 0.5) is 26.7 Å². The lowest BCUT2D eigenvalue weighted by Gasteiger charge is -2.37. The lowest BCUT2D eigenvalue weighted by molar-refractivity contribution is -0.116. The van der Waals surface area contributed by atoms with E-state index in [1.54, 1.807) is 60.5 Å². The molecular formula is C47H50N6O6. The standard InChI is InChI=1S/C47H50N6O6/c1-50(45(55)36-17-12-18-38(33-36)49-44(54)25-28-48-37-23-24-37)31-32-51-29-26-39(27-30-51)59-47(58)53(43-22-11-9-20-41(43)35-15-6-3-7-16-35)52(46(56)57)42-21-10-8-19-40(42)34-13-4-2-5-14-34/h2-22,33,37,39,48H,23-32H2,1H3,(H,49,54)(H,56,57). The van der Waals surface area contributed by atoms with Gasteiger partial charge in [0.1, 0.15) is 6.10 Å². The molecule has 0 spiro atoms. The topological polar surface area (TPSA) is 135 Å². The van der Waals surface area contributed by atoms with Gasteiger partial charge in [-0.05, 0) is 67.1 Å². The highest BCUT2D eigenvalue weighted by molar-refractivity contribution is 6.06. The molecule has 1 saturated carbocycles.